The maximum absolute atomic E-state index is 13.0. The number of piperidine rings is 1. The van der Waals surface area contributed by atoms with Crippen molar-refractivity contribution in [3.8, 4) is 11.1 Å². The quantitative estimate of drug-likeness (QED) is 0.263. The topological polar surface area (TPSA) is 66.9 Å². The summed E-state index contributed by atoms with van der Waals surface area (Å²) in [5.41, 5.74) is 3.24. The van der Waals surface area contributed by atoms with Gasteiger partial charge >= 0.3 is 0 Å². The van der Waals surface area contributed by atoms with Crippen molar-refractivity contribution >= 4 is 28.9 Å². The highest BCUT2D eigenvalue weighted by Crippen LogP contribution is 2.27. The Morgan fingerprint density at radius 1 is 1.03 bits per heavy atom. The molecule has 2 aromatic rings. The lowest BCUT2D eigenvalue weighted by Gasteiger charge is -2.30. The van der Waals surface area contributed by atoms with E-state index < -0.39 is 12.0 Å². The minimum absolute atomic E-state index is 0.102. The molecule has 0 saturated carbocycles. The zero-order valence-electron chi connectivity index (χ0n) is 22.0. The SMILES string of the molecule is CCCCCC(=O)C(=O)N(C)Cc1cc(-c2ccc(C[C@H](OCC)C(=O)N3CCCCC3)cc2)cs1. The van der Waals surface area contributed by atoms with Crippen molar-refractivity contribution in [2.45, 2.75) is 77.9 Å². The van der Waals surface area contributed by atoms with Crippen LogP contribution in [-0.2, 0) is 32.1 Å². The van der Waals surface area contributed by atoms with E-state index in [0.717, 1.165) is 66.8 Å². The fraction of sp³-hybridized carbons (Fsp3) is 0.552. The number of nitrogens with zero attached hydrogens (tertiary/aromatic N) is 2. The molecule has 0 radical (unpaired) electrons. The normalized spacial score (nSPS) is 14.5. The molecule has 0 spiro atoms. The molecule has 0 N–H and O–H groups in total. The molecular weight excluding hydrogens is 472 g/mol. The van der Waals surface area contributed by atoms with Crippen molar-refractivity contribution in [2.24, 2.45) is 0 Å². The molecule has 0 aliphatic carbocycles. The van der Waals surface area contributed by atoms with E-state index in [1.54, 1.807) is 18.4 Å². The van der Waals surface area contributed by atoms with E-state index in [1.807, 2.05) is 11.8 Å². The first-order valence-electron chi connectivity index (χ1n) is 13.3. The summed E-state index contributed by atoms with van der Waals surface area (Å²) in [5, 5.41) is 2.08. The van der Waals surface area contributed by atoms with Gasteiger partial charge in [0.15, 0.2) is 0 Å². The Hall–Kier alpha value is -2.51. The van der Waals surface area contributed by atoms with Gasteiger partial charge in [0.1, 0.15) is 6.10 Å². The molecule has 1 saturated heterocycles. The van der Waals surface area contributed by atoms with Crippen LogP contribution in [0.4, 0.5) is 0 Å². The second-order valence-corrected chi connectivity index (χ2v) is 10.6. The van der Waals surface area contributed by atoms with Gasteiger partial charge in [-0.1, -0.05) is 44.0 Å². The van der Waals surface area contributed by atoms with Gasteiger partial charge in [0.25, 0.3) is 11.8 Å². The van der Waals surface area contributed by atoms with Gasteiger partial charge in [-0.2, -0.15) is 0 Å². The Balaban J connectivity index is 1.57. The molecule has 1 fully saturated rings. The van der Waals surface area contributed by atoms with Crippen molar-refractivity contribution in [3.63, 3.8) is 0 Å². The number of likely N-dealkylation sites (tertiary alicyclic amines) is 1. The van der Waals surface area contributed by atoms with Gasteiger partial charge < -0.3 is 14.5 Å². The number of hydrogen-bond acceptors (Lipinski definition) is 5. The standard InChI is InChI=1S/C29H40N2O4S/c1-4-6-8-11-26(32)28(33)30(3)20-25-19-24(21-36-25)23-14-12-22(13-15-23)18-27(35-5-2)29(34)31-16-9-7-10-17-31/h12-15,19,21,27H,4-11,16-18,20H2,1-3H3/t27-/m0/s1. The summed E-state index contributed by atoms with van der Waals surface area (Å²) in [6.07, 6.45) is 6.55. The number of hydrogen-bond donors (Lipinski definition) is 0. The number of thiophene rings is 1. The van der Waals surface area contributed by atoms with Crippen molar-refractivity contribution in [2.75, 3.05) is 26.7 Å². The third kappa shape index (κ3) is 8.00. The van der Waals surface area contributed by atoms with Gasteiger partial charge in [-0.05, 0) is 60.7 Å². The minimum Gasteiger partial charge on any atom is -0.368 e. The molecule has 0 bridgehead atoms. The van der Waals surface area contributed by atoms with E-state index in [-0.39, 0.29) is 11.7 Å². The summed E-state index contributed by atoms with van der Waals surface area (Å²) >= 11 is 1.59. The number of ether oxygens (including phenoxy) is 1. The van der Waals surface area contributed by atoms with Crippen LogP contribution >= 0.6 is 11.3 Å². The highest BCUT2D eigenvalue weighted by molar-refractivity contribution is 7.10. The van der Waals surface area contributed by atoms with Crippen LogP contribution < -0.4 is 0 Å². The van der Waals surface area contributed by atoms with Crippen LogP contribution in [0.15, 0.2) is 35.7 Å². The molecule has 7 heteroatoms. The third-order valence-corrected chi connectivity index (χ3v) is 7.58. The molecule has 3 rings (SSSR count). The van der Waals surface area contributed by atoms with Crippen LogP contribution in [0.3, 0.4) is 0 Å². The lowest BCUT2D eigenvalue weighted by atomic mass is 10.0. The van der Waals surface area contributed by atoms with Gasteiger partial charge in [-0.15, -0.1) is 11.3 Å². The maximum Gasteiger partial charge on any atom is 0.289 e. The van der Waals surface area contributed by atoms with Gasteiger partial charge in [-0.3, -0.25) is 14.4 Å². The zero-order chi connectivity index (χ0) is 25.9. The molecule has 1 aromatic carbocycles. The predicted molar refractivity (Wildman–Crippen MR) is 145 cm³/mol. The van der Waals surface area contributed by atoms with Crippen LogP contribution in [0.25, 0.3) is 11.1 Å². The molecule has 6 nitrogen and oxygen atoms in total. The second kappa shape index (κ2) is 14.3. The third-order valence-electron chi connectivity index (χ3n) is 6.66. The Bertz CT molecular complexity index is 995. The molecule has 1 aliphatic rings. The van der Waals surface area contributed by atoms with Crippen LogP contribution in [0.2, 0.25) is 0 Å². The first-order valence-corrected chi connectivity index (χ1v) is 14.2. The molecule has 2 heterocycles. The Morgan fingerprint density at radius 3 is 2.42 bits per heavy atom. The van der Waals surface area contributed by atoms with E-state index in [9.17, 15) is 14.4 Å². The van der Waals surface area contributed by atoms with E-state index in [2.05, 4.69) is 42.6 Å². The van der Waals surface area contributed by atoms with E-state index >= 15 is 0 Å². The van der Waals surface area contributed by atoms with Gasteiger partial charge in [0, 0.05) is 44.5 Å². The highest BCUT2D eigenvalue weighted by Gasteiger charge is 2.26. The summed E-state index contributed by atoms with van der Waals surface area (Å²) in [4.78, 5) is 42.0. The first-order chi connectivity index (χ1) is 17.4. The van der Waals surface area contributed by atoms with Crippen LogP contribution in [0.5, 0.6) is 0 Å². The number of Topliss-reactive ketones (excluding diaryl/α,β-unsaturated/α-hetero) is 1. The van der Waals surface area contributed by atoms with Crippen LogP contribution in [0.1, 0.15) is 69.2 Å². The Kier molecular flexibility index (Phi) is 11.1. The number of benzene rings is 1. The number of carbonyl (C=O) groups is 3. The van der Waals surface area contributed by atoms with Gasteiger partial charge in [-0.25, -0.2) is 0 Å². The number of ketones is 1. The van der Waals surface area contributed by atoms with E-state index in [4.69, 9.17) is 4.74 Å². The molecule has 1 atom stereocenters. The van der Waals surface area contributed by atoms with E-state index in [0.29, 0.717) is 26.0 Å². The average Bonchev–Trinajstić information content (AvgIpc) is 3.37. The summed E-state index contributed by atoms with van der Waals surface area (Å²) < 4.78 is 5.83. The number of likely N-dealkylation sites (N-methyl/N-ethyl adjacent to an activating group) is 1. The number of amides is 2. The fourth-order valence-electron chi connectivity index (χ4n) is 4.56. The molecule has 196 valence electrons. The fourth-order valence-corrected chi connectivity index (χ4v) is 5.51. The Morgan fingerprint density at radius 2 is 1.75 bits per heavy atom. The molecule has 2 amide bonds. The minimum atomic E-state index is -0.440. The average molecular weight is 513 g/mol. The van der Waals surface area contributed by atoms with Crippen LogP contribution in [-0.4, -0.2) is 60.2 Å². The van der Waals surface area contributed by atoms with Gasteiger partial charge in [0.05, 0.1) is 6.54 Å². The Labute approximate surface area is 219 Å². The summed E-state index contributed by atoms with van der Waals surface area (Å²) in [6.45, 7) is 6.61. The van der Waals surface area contributed by atoms with Gasteiger partial charge in [0.2, 0.25) is 5.78 Å². The number of rotatable bonds is 13. The molecule has 36 heavy (non-hydrogen) atoms. The predicted octanol–water partition coefficient (Wildman–Crippen LogP) is 5.48. The van der Waals surface area contributed by atoms with Crippen molar-refractivity contribution in [3.05, 3.63) is 46.2 Å². The van der Waals surface area contributed by atoms with E-state index in [1.165, 1.54) is 11.3 Å². The maximum atomic E-state index is 13.0. The second-order valence-electron chi connectivity index (χ2n) is 9.57. The number of carbonyl (C=O) groups excluding carboxylic acids is 3. The summed E-state index contributed by atoms with van der Waals surface area (Å²) in [6, 6.07) is 10.3. The molecule has 0 unspecified atom stereocenters. The largest absolute Gasteiger partial charge is 0.368 e. The smallest absolute Gasteiger partial charge is 0.289 e. The number of unbranched alkanes of at least 4 members (excludes halogenated alkanes) is 2. The lowest BCUT2D eigenvalue weighted by Crippen LogP contribution is -2.44. The van der Waals surface area contributed by atoms with Crippen molar-refractivity contribution in [1.82, 2.24) is 9.80 Å². The molecular formula is C29H40N2O4S. The highest BCUT2D eigenvalue weighted by atomic mass is 32.1. The van der Waals surface area contributed by atoms with Crippen LogP contribution in [0, 0.1) is 0 Å². The summed E-state index contributed by atoms with van der Waals surface area (Å²) in [7, 11) is 1.69. The first kappa shape index (κ1) is 28.1. The van der Waals surface area contributed by atoms with Crippen molar-refractivity contribution in [1.29, 1.82) is 0 Å². The zero-order valence-corrected chi connectivity index (χ0v) is 22.8. The monoisotopic (exact) mass is 512 g/mol. The molecule has 1 aliphatic heterocycles. The molecule has 1 aromatic heterocycles. The summed E-state index contributed by atoms with van der Waals surface area (Å²) in [5.74, 6) is -0.610. The van der Waals surface area contributed by atoms with Crippen molar-refractivity contribution < 1.29 is 19.1 Å². The lowest BCUT2D eigenvalue weighted by molar-refractivity contribution is -0.144.